The Morgan fingerprint density at radius 2 is 2.55 bits per heavy atom. The van der Waals surface area contributed by atoms with Crippen LogP contribution in [0, 0.1) is 0 Å². The first-order chi connectivity index (χ1) is 5.38. The molecule has 0 bridgehead atoms. The Kier molecular flexibility index (Phi) is 3.11. The number of nitrogens with zero attached hydrogens (tertiary/aromatic N) is 1. The van der Waals surface area contributed by atoms with Crippen LogP contribution in [0.3, 0.4) is 0 Å². The lowest BCUT2D eigenvalue weighted by Gasteiger charge is -2.11. The Hall–Kier alpha value is -0.830. The number of thiophene rings is 1. The minimum Gasteiger partial charge on any atom is -0.295 e. The molecule has 1 heterocycles. The number of rotatable bonds is 4. The summed E-state index contributed by atoms with van der Waals surface area (Å²) in [6, 6.07) is 3.85. The van der Waals surface area contributed by atoms with Gasteiger partial charge < -0.3 is 0 Å². The molecule has 0 aromatic carbocycles. The third kappa shape index (κ3) is 2.05. The van der Waals surface area contributed by atoms with Gasteiger partial charge in [-0.15, -0.1) is 11.3 Å². The molecular weight excluding hydrogens is 158 g/mol. The average Bonchev–Trinajstić information content (AvgIpc) is 2.52. The minimum atomic E-state index is 0.754. The molecule has 11 heavy (non-hydrogen) atoms. The van der Waals surface area contributed by atoms with E-state index in [1.807, 2.05) is 30.8 Å². The lowest BCUT2D eigenvalue weighted by molar-refractivity contribution is 0.551. The molecule has 0 aliphatic heterocycles. The second-order valence-corrected chi connectivity index (χ2v) is 3.12. The first-order valence-electron chi connectivity index (χ1n) is 3.57. The van der Waals surface area contributed by atoms with E-state index in [0.29, 0.717) is 0 Å². The van der Waals surface area contributed by atoms with Crippen LogP contribution in [-0.4, -0.2) is 13.0 Å². The topological polar surface area (TPSA) is 20.3 Å². The molecule has 59 valence electrons. The van der Waals surface area contributed by atoms with Crippen molar-refractivity contribution in [1.82, 2.24) is 0 Å². The predicted molar refractivity (Wildman–Crippen MR) is 47.6 cm³/mol. The maximum absolute atomic E-state index is 10.4. The molecular formula is C8H10NOS. The molecule has 0 spiro atoms. The Morgan fingerprint density at radius 1 is 1.73 bits per heavy atom. The highest BCUT2D eigenvalue weighted by atomic mass is 32.1. The largest absolute Gasteiger partial charge is 0.317 e. The molecule has 1 radical (unpaired) electrons. The van der Waals surface area contributed by atoms with Crippen molar-refractivity contribution in [1.29, 1.82) is 0 Å². The van der Waals surface area contributed by atoms with Crippen LogP contribution in [0.15, 0.2) is 17.5 Å². The SMILES string of the molecule is CCCN([C]=O)c1cccs1. The smallest absolute Gasteiger partial charge is 0.295 e. The molecule has 1 amide bonds. The van der Waals surface area contributed by atoms with Gasteiger partial charge in [-0.1, -0.05) is 6.92 Å². The van der Waals surface area contributed by atoms with E-state index in [2.05, 4.69) is 0 Å². The number of carbonyl (C=O) groups excluding carboxylic acids is 1. The van der Waals surface area contributed by atoms with Crippen molar-refractivity contribution in [2.75, 3.05) is 11.4 Å². The first kappa shape index (κ1) is 8.27. The van der Waals surface area contributed by atoms with Crippen molar-refractivity contribution in [2.24, 2.45) is 0 Å². The van der Waals surface area contributed by atoms with Crippen molar-refractivity contribution in [3.05, 3.63) is 17.5 Å². The van der Waals surface area contributed by atoms with Gasteiger partial charge >= 0.3 is 6.41 Å². The van der Waals surface area contributed by atoms with Crippen LogP contribution in [0.25, 0.3) is 0 Å². The molecule has 1 aromatic rings. The van der Waals surface area contributed by atoms with Crippen LogP contribution >= 0.6 is 11.3 Å². The molecule has 0 aliphatic rings. The summed E-state index contributed by atoms with van der Waals surface area (Å²) in [5.41, 5.74) is 0. The number of amides is 1. The van der Waals surface area contributed by atoms with Gasteiger partial charge in [-0.25, -0.2) is 0 Å². The van der Waals surface area contributed by atoms with Gasteiger partial charge in [0.15, 0.2) is 0 Å². The molecule has 0 aliphatic carbocycles. The molecule has 0 fully saturated rings. The second kappa shape index (κ2) is 4.13. The Balaban J connectivity index is 2.63. The lowest BCUT2D eigenvalue weighted by Crippen LogP contribution is -2.20. The maximum atomic E-state index is 10.4. The lowest BCUT2D eigenvalue weighted by atomic mass is 10.4. The zero-order chi connectivity index (χ0) is 8.10. The standard InChI is InChI=1S/C8H10NOS/c1-2-5-9(7-10)8-4-3-6-11-8/h3-4,6H,2,5H2,1H3. The van der Waals surface area contributed by atoms with Crippen LogP contribution in [0.1, 0.15) is 13.3 Å². The maximum Gasteiger partial charge on any atom is 0.317 e. The van der Waals surface area contributed by atoms with Gasteiger partial charge in [-0.3, -0.25) is 9.69 Å². The van der Waals surface area contributed by atoms with Crippen molar-refractivity contribution in [3.8, 4) is 0 Å². The van der Waals surface area contributed by atoms with E-state index in [1.54, 1.807) is 16.2 Å². The van der Waals surface area contributed by atoms with Crippen LogP contribution < -0.4 is 4.90 Å². The van der Waals surface area contributed by atoms with Crippen LogP contribution in [0.4, 0.5) is 5.00 Å². The van der Waals surface area contributed by atoms with E-state index in [1.165, 1.54) is 0 Å². The van der Waals surface area contributed by atoms with Crippen molar-refractivity contribution in [2.45, 2.75) is 13.3 Å². The summed E-state index contributed by atoms with van der Waals surface area (Å²) >= 11 is 1.56. The number of hydrogen-bond acceptors (Lipinski definition) is 2. The van der Waals surface area contributed by atoms with Crippen molar-refractivity contribution >= 4 is 22.7 Å². The summed E-state index contributed by atoms with van der Waals surface area (Å²) in [7, 11) is 0. The second-order valence-electron chi connectivity index (χ2n) is 2.19. The van der Waals surface area contributed by atoms with Crippen molar-refractivity contribution in [3.63, 3.8) is 0 Å². The highest BCUT2D eigenvalue weighted by molar-refractivity contribution is 7.14. The van der Waals surface area contributed by atoms with E-state index in [-0.39, 0.29) is 0 Å². The van der Waals surface area contributed by atoms with Gasteiger partial charge in [0.2, 0.25) is 0 Å². The summed E-state index contributed by atoms with van der Waals surface area (Å²) < 4.78 is 0. The van der Waals surface area contributed by atoms with Gasteiger partial charge in [0.25, 0.3) is 0 Å². The number of hydrogen-bond donors (Lipinski definition) is 0. The number of anilines is 1. The monoisotopic (exact) mass is 168 g/mol. The Bertz CT molecular complexity index is 208. The highest BCUT2D eigenvalue weighted by Crippen LogP contribution is 2.19. The molecule has 0 atom stereocenters. The highest BCUT2D eigenvalue weighted by Gasteiger charge is 2.03. The normalized spacial score (nSPS) is 9.55. The van der Waals surface area contributed by atoms with Crippen molar-refractivity contribution < 1.29 is 4.79 Å². The van der Waals surface area contributed by atoms with Gasteiger partial charge in [-0.05, 0) is 23.9 Å². The minimum absolute atomic E-state index is 0.754. The van der Waals surface area contributed by atoms with Gasteiger partial charge in [0, 0.05) is 6.54 Å². The fraction of sp³-hybridized carbons (Fsp3) is 0.375. The van der Waals surface area contributed by atoms with Crippen LogP contribution in [0.2, 0.25) is 0 Å². The predicted octanol–water partition coefficient (Wildman–Crippen LogP) is 2.03. The Morgan fingerprint density at radius 3 is 3.00 bits per heavy atom. The van der Waals surface area contributed by atoms with Crippen LogP contribution in [-0.2, 0) is 4.79 Å². The zero-order valence-corrected chi connectivity index (χ0v) is 7.23. The van der Waals surface area contributed by atoms with Gasteiger partial charge in [0.1, 0.15) is 0 Å². The fourth-order valence-electron chi connectivity index (χ4n) is 0.848. The summed E-state index contributed by atoms with van der Waals surface area (Å²) in [6.45, 7) is 2.79. The van der Waals surface area contributed by atoms with E-state index >= 15 is 0 Å². The first-order valence-corrected chi connectivity index (χ1v) is 4.45. The third-order valence-corrected chi connectivity index (χ3v) is 2.22. The van der Waals surface area contributed by atoms with E-state index in [4.69, 9.17) is 0 Å². The molecule has 1 rings (SSSR count). The fourth-order valence-corrected chi connectivity index (χ4v) is 1.56. The summed E-state index contributed by atoms with van der Waals surface area (Å²) in [6.07, 6.45) is 2.86. The molecule has 0 saturated heterocycles. The molecule has 0 unspecified atom stereocenters. The third-order valence-electron chi connectivity index (χ3n) is 1.33. The molecule has 0 saturated carbocycles. The summed E-state index contributed by atoms with van der Waals surface area (Å²) in [4.78, 5) is 12.0. The summed E-state index contributed by atoms with van der Waals surface area (Å²) in [5, 5.41) is 2.93. The van der Waals surface area contributed by atoms with Gasteiger partial charge in [-0.2, -0.15) is 0 Å². The zero-order valence-electron chi connectivity index (χ0n) is 6.41. The molecule has 1 aromatic heterocycles. The summed E-state index contributed by atoms with van der Waals surface area (Å²) in [5.74, 6) is 0. The Labute approximate surface area is 70.5 Å². The van der Waals surface area contributed by atoms with E-state index in [9.17, 15) is 4.79 Å². The molecule has 0 N–H and O–H groups in total. The molecule has 2 nitrogen and oxygen atoms in total. The van der Waals surface area contributed by atoms with Crippen LogP contribution in [0.5, 0.6) is 0 Å². The average molecular weight is 168 g/mol. The quantitative estimate of drug-likeness (QED) is 0.630. The van der Waals surface area contributed by atoms with E-state index < -0.39 is 0 Å². The van der Waals surface area contributed by atoms with E-state index in [0.717, 1.165) is 18.0 Å². The van der Waals surface area contributed by atoms with Gasteiger partial charge in [0.05, 0.1) is 5.00 Å². The molecule has 3 heteroatoms.